The van der Waals surface area contributed by atoms with Gasteiger partial charge in [-0.1, -0.05) is 17.7 Å². The standard InChI is InChI=1S/C24H32ClFN4O4/c1-28(12-16-2-3-17(26)10-19(16)25)18-11-24(34-14-18)5-8-29(9-6-24)23(32)30-7-4-21-20(13-30)27-22(31)15-33-21/h2-3,10,18,20-21H,4-9,11-15H2,1H3,(H,27,31). The SMILES string of the molecule is CN(Cc1ccc(F)cc1Cl)C1COC2(CCN(C(=O)N3CCC4OCC(=O)NC4C3)CC2)C1. The molecule has 4 heterocycles. The van der Waals surface area contributed by atoms with Crippen LogP contribution in [0.5, 0.6) is 0 Å². The quantitative estimate of drug-likeness (QED) is 0.697. The second-order valence-electron chi connectivity index (χ2n) is 10.0. The number of ether oxygens (including phenoxy) is 2. The second-order valence-corrected chi connectivity index (χ2v) is 10.4. The number of piperidine rings is 2. The Morgan fingerprint density at radius 1 is 1.29 bits per heavy atom. The summed E-state index contributed by atoms with van der Waals surface area (Å²) in [5.74, 6) is -0.447. The first-order chi connectivity index (χ1) is 16.3. The van der Waals surface area contributed by atoms with Gasteiger partial charge in [-0.2, -0.15) is 0 Å². The van der Waals surface area contributed by atoms with Crippen molar-refractivity contribution in [2.24, 2.45) is 0 Å². The lowest BCUT2D eigenvalue weighted by atomic mass is 9.87. The van der Waals surface area contributed by atoms with E-state index in [1.807, 2.05) is 16.8 Å². The number of urea groups is 1. The van der Waals surface area contributed by atoms with Gasteiger partial charge in [0, 0.05) is 43.8 Å². The predicted molar refractivity (Wildman–Crippen MR) is 124 cm³/mol. The molecule has 186 valence electrons. The topological polar surface area (TPSA) is 74.3 Å². The lowest BCUT2D eigenvalue weighted by Crippen LogP contribution is -2.63. The number of fused-ring (bicyclic) bond motifs is 1. The molecule has 5 rings (SSSR count). The highest BCUT2D eigenvalue weighted by Gasteiger charge is 2.45. The maximum atomic E-state index is 13.3. The fraction of sp³-hybridized carbons (Fsp3) is 0.667. The van der Waals surface area contributed by atoms with Crippen LogP contribution >= 0.6 is 11.6 Å². The van der Waals surface area contributed by atoms with Crippen LogP contribution < -0.4 is 5.32 Å². The van der Waals surface area contributed by atoms with E-state index in [1.165, 1.54) is 12.1 Å². The average Bonchev–Trinajstić information content (AvgIpc) is 3.24. The fourth-order valence-corrected chi connectivity index (χ4v) is 5.91. The molecular formula is C24H32ClFN4O4. The zero-order chi connectivity index (χ0) is 23.9. The minimum atomic E-state index is -0.331. The summed E-state index contributed by atoms with van der Waals surface area (Å²) in [6, 6.07) is 4.67. The highest BCUT2D eigenvalue weighted by molar-refractivity contribution is 6.31. The zero-order valence-electron chi connectivity index (χ0n) is 19.5. The summed E-state index contributed by atoms with van der Waals surface area (Å²) in [5.41, 5.74) is 0.691. The van der Waals surface area contributed by atoms with Gasteiger partial charge in [0.1, 0.15) is 12.4 Å². The lowest BCUT2D eigenvalue weighted by Gasteiger charge is -2.44. The van der Waals surface area contributed by atoms with Gasteiger partial charge < -0.3 is 24.6 Å². The first kappa shape index (κ1) is 23.8. The summed E-state index contributed by atoms with van der Waals surface area (Å²) in [5, 5.41) is 3.40. The number of hydrogen-bond donors (Lipinski definition) is 1. The molecule has 34 heavy (non-hydrogen) atoms. The summed E-state index contributed by atoms with van der Waals surface area (Å²) >= 11 is 6.21. The Hall–Kier alpha value is -1.94. The number of likely N-dealkylation sites (tertiary alicyclic amines) is 2. The summed E-state index contributed by atoms with van der Waals surface area (Å²) in [7, 11) is 2.04. The van der Waals surface area contributed by atoms with Crippen LogP contribution in [0, 0.1) is 5.82 Å². The number of amides is 3. The van der Waals surface area contributed by atoms with Crippen LogP contribution in [0.25, 0.3) is 0 Å². The third kappa shape index (κ3) is 4.89. The fourth-order valence-electron chi connectivity index (χ4n) is 5.68. The number of benzene rings is 1. The zero-order valence-corrected chi connectivity index (χ0v) is 20.2. The minimum Gasteiger partial charge on any atom is -0.373 e. The number of morpholine rings is 1. The Morgan fingerprint density at radius 3 is 2.85 bits per heavy atom. The Kier molecular flexibility index (Phi) is 6.72. The van der Waals surface area contributed by atoms with Crippen molar-refractivity contribution in [1.82, 2.24) is 20.0 Å². The molecule has 0 radical (unpaired) electrons. The number of hydrogen-bond acceptors (Lipinski definition) is 5. The lowest BCUT2D eigenvalue weighted by molar-refractivity contribution is -0.139. The van der Waals surface area contributed by atoms with Gasteiger partial charge in [0.05, 0.1) is 24.4 Å². The average molecular weight is 495 g/mol. The van der Waals surface area contributed by atoms with Gasteiger partial charge in [0.15, 0.2) is 0 Å². The van der Waals surface area contributed by atoms with Gasteiger partial charge in [0.2, 0.25) is 5.91 Å². The molecular weight excluding hydrogens is 463 g/mol. The predicted octanol–water partition coefficient (Wildman–Crippen LogP) is 2.24. The highest BCUT2D eigenvalue weighted by atomic mass is 35.5. The first-order valence-electron chi connectivity index (χ1n) is 12.0. The maximum Gasteiger partial charge on any atom is 0.320 e. The molecule has 3 amide bonds. The van der Waals surface area contributed by atoms with Gasteiger partial charge >= 0.3 is 6.03 Å². The maximum absolute atomic E-state index is 13.3. The summed E-state index contributed by atoms with van der Waals surface area (Å²) in [6.45, 7) is 3.83. The van der Waals surface area contributed by atoms with E-state index < -0.39 is 0 Å². The van der Waals surface area contributed by atoms with Gasteiger partial charge in [-0.3, -0.25) is 9.69 Å². The summed E-state index contributed by atoms with van der Waals surface area (Å²) in [6.07, 6.45) is 3.25. The van der Waals surface area contributed by atoms with Crippen molar-refractivity contribution in [1.29, 1.82) is 0 Å². The smallest absolute Gasteiger partial charge is 0.320 e. The minimum absolute atomic E-state index is 0.00280. The normalized spacial score (nSPS) is 28.8. The van der Waals surface area contributed by atoms with Gasteiger partial charge in [0.25, 0.3) is 0 Å². The molecule has 4 aliphatic rings. The number of nitrogens with zero attached hydrogens (tertiary/aromatic N) is 3. The number of rotatable bonds is 3. The van der Waals surface area contributed by atoms with Gasteiger partial charge in [-0.15, -0.1) is 0 Å². The molecule has 0 saturated carbocycles. The molecule has 1 spiro atoms. The van der Waals surface area contributed by atoms with Crippen molar-refractivity contribution in [3.63, 3.8) is 0 Å². The molecule has 4 saturated heterocycles. The summed E-state index contributed by atoms with van der Waals surface area (Å²) < 4.78 is 25.3. The van der Waals surface area contributed by atoms with E-state index in [0.717, 1.165) is 31.2 Å². The molecule has 10 heteroatoms. The van der Waals surface area contributed by atoms with E-state index in [-0.39, 0.29) is 48.2 Å². The molecule has 0 aliphatic carbocycles. The summed E-state index contributed by atoms with van der Waals surface area (Å²) in [4.78, 5) is 30.8. The monoisotopic (exact) mass is 494 g/mol. The van der Waals surface area contributed by atoms with Crippen molar-refractivity contribution < 1.29 is 23.5 Å². The molecule has 8 nitrogen and oxygen atoms in total. The van der Waals surface area contributed by atoms with Crippen LogP contribution in [0.2, 0.25) is 5.02 Å². The van der Waals surface area contributed by atoms with E-state index in [4.69, 9.17) is 21.1 Å². The van der Waals surface area contributed by atoms with Crippen molar-refractivity contribution in [3.8, 4) is 0 Å². The number of halogens is 2. The number of likely N-dealkylation sites (N-methyl/N-ethyl adjacent to an activating group) is 1. The van der Waals surface area contributed by atoms with Crippen LogP contribution in [0.4, 0.5) is 9.18 Å². The van der Waals surface area contributed by atoms with Gasteiger partial charge in [-0.05, 0) is 50.4 Å². The van der Waals surface area contributed by atoms with Crippen LogP contribution in [0.15, 0.2) is 18.2 Å². The van der Waals surface area contributed by atoms with Crippen LogP contribution in [0.3, 0.4) is 0 Å². The van der Waals surface area contributed by atoms with Crippen molar-refractivity contribution in [2.75, 3.05) is 46.4 Å². The van der Waals surface area contributed by atoms with E-state index in [9.17, 15) is 14.0 Å². The van der Waals surface area contributed by atoms with E-state index >= 15 is 0 Å². The van der Waals surface area contributed by atoms with Crippen LogP contribution in [0.1, 0.15) is 31.2 Å². The molecule has 4 aliphatic heterocycles. The van der Waals surface area contributed by atoms with E-state index in [1.54, 1.807) is 6.07 Å². The molecule has 0 aromatic heterocycles. The number of nitrogens with one attached hydrogen (secondary N) is 1. The Balaban J connectivity index is 1.12. The molecule has 3 unspecified atom stereocenters. The molecule has 1 aromatic rings. The third-order valence-electron chi connectivity index (χ3n) is 7.79. The Bertz CT molecular complexity index is 942. The molecule has 0 bridgehead atoms. The van der Waals surface area contributed by atoms with E-state index in [2.05, 4.69) is 10.2 Å². The Labute approximate surface area is 204 Å². The molecule has 3 atom stereocenters. The first-order valence-corrected chi connectivity index (χ1v) is 12.4. The second kappa shape index (κ2) is 9.60. The molecule has 1 N–H and O–H groups in total. The van der Waals surface area contributed by atoms with Crippen LogP contribution in [-0.4, -0.2) is 96.9 Å². The van der Waals surface area contributed by atoms with Crippen molar-refractivity contribution in [2.45, 2.75) is 56.0 Å². The molecule has 4 fully saturated rings. The van der Waals surface area contributed by atoms with Crippen LogP contribution in [-0.2, 0) is 20.8 Å². The van der Waals surface area contributed by atoms with E-state index in [0.29, 0.717) is 44.4 Å². The largest absolute Gasteiger partial charge is 0.373 e. The highest BCUT2D eigenvalue weighted by Crippen LogP contribution is 2.38. The molecule has 1 aromatic carbocycles. The Morgan fingerprint density at radius 2 is 2.09 bits per heavy atom. The number of carbonyl (C=O) groups excluding carboxylic acids is 2. The van der Waals surface area contributed by atoms with Crippen molar-refractivity contribution >= 4 is 23.5 Å². The number of carbonyl (C=O) groups is 2. The van der Waals surface area contributed by atoms with Gasteiger partial charge in [-0.25, -0.2) is 9.18 Å². The third-order valence-corrected chi connectivity index (χ3v) is 8.14. The van der Waals surface area contributed by atoms with Crippen molar-refractivity contribution in [3.05, 3.63) is 34.6 Å².